The average molecular weight is 277 g/mol. The van der Waals surface area contributed by atoms with Crippen molar-refractivity contribution >= 4 is 0 Å². The number of phenols is 1. The van der Waals surface area contributed by atoms with Gasteiger partial charge in [0.15, 0.2) is 0 Å². The second-order valence-corrected chi connectivity index (χ2v) is 5.94. The number of nitrogens with zero attached hydrogens (tertiary/aromatic N) is 1. The summed E-state index contributed by atoms with van der Waals surface area (Å²) in [6.07, 6.45) is 4.05. The number of aromatic hydroxyl groups is 1. The molecule has 0 bridgehead atoms. The minimum Gasteiger partial charge on any atom is -0.507 e. The molecular formula is C19H19NO. The summed E-state index contributed by atoms with van der Waals surface area (Å²) in [5, 5.41) is 10.3. The molecule has 1 aliphatic carbocycles. The summed E-state index contributed by atoms with van der Waals surface area (Å²) in [4.78, 5) is 2.51. The molecule has 0 saturated heterocycles. The molecule has 1 atom stereocenters. The molecule has 0 aromatic heterocycles. The highest BCUT2D eigenvalue weighted by atomic mass is 16.3. The van der Waals surface area contributed by atoms with Crippen LogP contribution in [0, 0.1) is 0 Å². The van der Waals surface area contributed by atoms with Crippen LogP contribution in [0.3, 0.4) is 0 Å². The molecule has 1 N–H and O–H groups in total. The normalized spacial score (nSPS) is 19.7. The van der Waals surface area contributed by atoms with Crippen LogP contribution in [0.15, 0.2) is 49.1 Å². The number of hydrogen-bond acceptors (Lipinski definition) is 2. The smallest absolute Gasteiger partial charge is 0.123 e. The third-order valence-corrected chi connectivity index (χ3v) is 4.81. The number of fused-ring (bicyclic) bond motifs is 2. The van der Waals surface area contributed by atoms with E-state index in [2.05, 4.69) is 35.7 Å². The van der Waals surface area contributed by atoms with E-state index < -0.39 is 0 Å². The van der Waals surface area contributed by atoms with Crippen LogP contribution in [-0.4, -0.2) is 23.1 Å². The zero-order chi connectivity index (χ0) is 14.4. The molecule has 0 amide bonds. The first-order chi connectivity index (χ1) is 10.3. The Morgan fingerprint density at radius 3 is 2.86 bits per heavy atom. The van der Waals surface area contributed by atoms with Gasteiger partial charge in [-0.05, 0) is 41.2 Å². The Morgan fingerprint density at radius 2 is 2.00 bits per heavy atom. The van der Waals surface area contributed by atoms with Gasteiger partial charge in [-0.1, -0.05) is 36.4 Å². The fourth-order valence-electron chi connectivity index (χ4n) is 3.94. The Labute approximate surface area is 125 Å². The van der Waals surface area contributed by atoms with Gasteiger partial charge in [-0.2, -0.15) is 0 Å². The molecule has 21 heavy (non-hydrogen) atoms. The van der Waals surface area contributed by atoms with Crippen molar-refractivity contribution in [3.05, 3.63) is 65.7 Å². The summed E-state index contributed by atoms with van der Waals surface area (Å²) in [5.41, 5.74) is 6.35. The minimum absolute atomic E-state index is 0.403. The van der Waals surface area contributed by atoms with Gasteiger partial charge in [0.25, 0.3) is 0 Å². The Bertz CT molecular complexity index is 720. The number of phenolic OH excluding ortho intramolecular Hbond substituents is 1. The van der Waals surface area contributed by atoms with Crippen molar-refractivity contribution in [3.8, 4) is 16.9 Å². The monoisotopic (exact) mass is 277 g/mol. The fraction of sp³-hybridized carbons (Fsp3) is 0.263. The van der Waals surface area contributed by atoms with Crippen LogP contribution in [-0.2, 0) is 12.8 Å². The SMILES string of the molecule is C=CCN1CCc2cccc3c2[C@H]1Cc1cccc(O)c1-3. The summed E-state index contributed by atoms with van der Waals surface area (Å²) in [6.45, 7) is 5.90. The van der Waals surface area contributed by atoms with Gasteiger partial charge in [0, 0.05) is 24.7 Å². The molecule has 0 unspecified atom stereocenters. The van der Waals surface area contributed by atoms with E-state index in [-0.39, 0.29) is 0 Å². The highest BCUT2D eigenvalue weighted by Gasteiger charge is 2.34. The maximum atomic E-state index is 10.3. The third-order valence-electron chi connectivity index (χ3n) is 4.81. The van der Waals surface area contributed by atoms with E-state index >= 15 is 0 Å². The molecule has 2 aromatic carbocycles. The van der Waals surface area contributed by atoms with Crippen molar-refractivity contribution in [3.63, 3.8) is 0 Å². The van der Waals surface area contributed by atoms with Crippen LogP contribution < -0.4 is 0 Å². The zero-order valence-corrected chi connectivity index (χ0v) is 12.0. The second kappa shape index (κ2) is 4.74. The average Bonchev–Trinajstić information content (AvgIpc) is 2.50. The molecule has 0 radical (unpaired) electrons. The van der Waals surface area contributed by atoms with Gasteiger partial charge in [-0.3, -0.25) is 4.90 Å². The lowest BCUT2D eigenvalue weighted by Crippen LogP contribution is -2.38. The Kier molecular flexibility index (Phi) is 2.86. The van der Waals surface area contributed by atoms with Crippen LogP contribution in [0.1, 0.15) is 22.7 Å². The van der Waals surface area contributed by atoms with Gasteiger partial charge < -0.3 is 5.11 Å². The van der Waals surface area contributed by atoms with Crippen LogP contribution in [0.5, 0.6) is 5.75 Å². The van der Waals surface area contributed by atoms with Crippen LogP contribution in [0.2, 0.25) is 0 Å². The molecule has 0 spiro atoms. The summed E-state index contributed by atoms with van der Waals surface area (Å²) in [6, 6.07) is 12.8. The molecule has 0 fully saturated rings. The summed E-state index contributed by atoms with van der Waals surface area (Å²) in [7, 11) is 0. The number of rotatable bonds is 2. The van der Waals surface area contributed by atoms with Crippen molar-refractivity contribution in [2.45, 2.75) is 18.9 Å². The summed E-state index contributed by atoms with van der Waals surface area (Å²) in [5.74, 6) is 0.403. The summed E-state index contributed by atoms with van der Waals surface area (Å²) < 4.78 is 0. The number of benzene rings is 2. The third kappa shape index (κ3) is 1.83. The van der Waals surface area contributed by atoms with Crippen LogP contribution in [0.25, 0.3) is 11.1 Å². The Balaban J connectivity index is 1.95. The Hall–Kier alpha value is -2.06. The largest absolute Gasteiger partial charge is 0.507 e. The molecule has 4 rings (SSSR count). The maximum absolute atomic E-state index is 10.3. The zero-order valence-electron chi connectivity index (χ0n) is 12.0. The predicted octanol–water partition coefficient (Wildman–Crippen LogP) is 3.70. The van der Waals surface area contributed by atoms with Crippen molar-refractivity contribution in [2.24, 2.45) is 0 Å². The first kappa shape index (κ1) is 12.7. The van der Waals surface area contributed by atoms with Crippen LogP contribution >= 0.6 is 0 Å². The van der Waals surface area contributed by atoms with Crippen molar-refractivity contribution in [1.82, 2.24) is 4.90 Å². The van der Waals surface area contributed by atoms with E-state index in [4.69, 9.17) is 0 Å². The molecule has 106 valence electrons. The molecule has 2 nitrogen and oxygen atoms in total. The van der Waals surface area contributed by atoms with E-state index in [0.717, 1.165) is 31.5 Å². The van der Waals surface area contributed by atoms with E-state index in [1.54, 1.807) is 6.07 Å². The maximum Gasteiger partial charge on any atom is 0.123 e. The van der Waals surface area contributed by atoms with Gasteiger partial charge in [-0.25, -0.2) is 0 Å². The van der Waals surface area contributed by atoms with Gasteiger partial charge in [0.1, 0.15) is 5.75 Å². The predicted molar refractivity (Wildman–Crippen MR) is 85.5 cm³/mol. The second-order valence-electron chi connectivity index (χ2n) is 5.94. The molecule has 1 heterocycles. The first-order valence-corrected chi connectivity index (χ1v) is 7.57. The topological polar surface area (TPSA) is 23.5 Å². The molecule has 2 aliphatic rings. The van der Waals surface area contributed by atoms with E-state index in [0.29, 0.717) is 11.8 Å². The van der Waals surface area contributed by atoms with Crippen molar-refractivity contribution in [2.75, 3.05) is 13.1 Å². The van der Waals surface area contributed by atoms with Gasteiger partial charge in [-0.15, -0.1) is 6.58 Å². The van der Waals surface area contributed by atoms with E-state index in [1.807, 2.05) is 12.1 Å². The molecule has 2 aromatic rings. The van der Waals surface area contributed by atoms with Crippen LogP contribution in [0.4, 0.5) is 0 Å². The molecule has 1 aliphatic heterocycles. The van der Waals surface area contributed by atoms with Gasteiger partial charge in [0.2, 0.25) is 0 Å². The standard InChI is InChI=1S/C19H19NO/c1-2-10-20-11-9-13-5-3-7-15-18(13)16(20)12-14-6-4-8-17(21)19(14)15/h2-8,16,21H,1,9-12H2/t16-/m1/s1. The highest BCUT2D eigenvalue weighted by molar-refractivity contribution is 5.80. The number of hydrogen-bond donors (Lipinski definition) is 1. The molecular weight excluding hydrogens is 258 g/mol. The molecule has 0 saturated carbocycles. The fourth-order valence-corrected chi connectivity index (χ4v) is 3.94. The first-order valence-electron chi connectivity index (χ1n) is 7.57. The van der Waals surface area contributed by atoms with E-state index in [9.17, 15) is 5.11 Å². The Morgan fingerprint density at radius 1 is 1.19 bits per heavy atom. The lowest BCUT2D eigenvalue weighted by molar-refractivity contribution is 0.203. The van der Waals surface area contributed by atoms with Crippen molar-refractivity contribution < 1.29 is 5.11 Å². The quantitative estimate of drug-likeness (QED) is 0.846. The lowest BCUT2D eigenvalue weighted by atomic mass is 9.77. The van der Waals surface area contributed by atoms with Crippen molar-refractivity contribution in [1.29, 1.82) is 0 Å². The summed E-state index contributed by atoms with van der Waals surface area (Å²) >= 11 is 0. The van der Waals surface area contributed by atoms with Gasteiger partial charge in [0.05, 0.1) is 0 Å². The minimum atomic E-state index is 0.403. The highest BCUT2D eigenvalue weighted by Crippen LogP contribution is 2.47. The van der Waals surface area contributed by atoms with E-state index in [1.165, 1.54) is 22.3 Å². The lowest BCUT2D eigenvalue weighted by Gasteiger charge is -2.41. The molecule has 2 heteroatoms. The van der Waals surface area contributed by atoms with Gasteiger partial charge >= 0.3 is 0 Å².